The molecule has 0 spiro atoms. The van der Waals surface area contributed by atoms with Crippen LogP contribution in [0.4, 0.5) is 0 Å². The first-order valence-electron chi connectivity index (χ1n) is 8.48. The van der Waals surface area contributed by atoms with Gasteiger partial charge in [0.05, 0.1) is 34.0 Å². The van der Waals surface area contributed by atoms with E-state index in [1.54, 1.807) is 0 Å². The predicted molar refractivity (Wildman–Crippen MR) is 94.1 cm³/mol. The minimum Gasteiger partial charge on any atom is -0.481 e. The van der Waals surface area contributed by atoms with Gasteiger partial charge in [0, 0.05) is 12.8 Å². The Labute approximate surface area is 158 Å². The molecule has 0 aromatic carbocycles. The number of unbranched alkanes of at least 4 members (excludes halogenated alkanes) is 1. The highest BCUT2D eigenvalue weighted by Crippen LogP contribution is 2.07. The normalized spacial score (nSPS) is 11.6. The van der Waals surface area contributed by atoms with E-state index in [0.717, 1.165) is 12.8 Å². The molecular formula is C17H30NO9+. The smallest absolute Gasteiger partial charge is 0.372 e. The Morgan fingerprint density at radius 2 is 1.44 bits per heavy atom. The van der Waals surface area contributed by atoms with Crippen LogP contribution >= 0.6 is 0 Å². The van der Waals surface area contributed by atoms with Gasteiger partial charge in [-0.15, -0.1) is 0 Å². The molecule has 0 aliphatic carbocycles. The summed E-state index contributed by atoms with van der Waals surface area (Å²) in [6.07, 6.45) is 0.529. The Bertz CT molecular complexity index is 523. The average Bonchev–Trinajstić information content (AvgIpc) is 2.48. The van der Waals surface area contributed by atoms with Crippen LogP contribution in [-0.4, -0.2) is 83.3 Å². The molecular weight excluding hydrogens is 362 g/mol. The largest absolute Gasteiger partial charge is 0.481 e. The van der Waals surface area contributed by atoms with E-state index in [1.807, 2.05) is 28.1 Å². The molecule has 0 fully saturated rings. The van der Waals surface area contributed by atoms with Crippen LogP contribution in [-0.2, 0) is 28.7 Å². The number of ether oxygens (including phenoxy) is 1. The van der Waals surface area contributed by atoms with Crippen molar-refractivity contribution in [2.75, 3.05) is 27.7 Å². The number of carbonyl (C=O) groups is 5. The Hall–Kier alpha value is -2.49. The molecule has 10 nitrogen and oxygen atoms in total. The first kappa shape index (κ1) is 26.7. The molecule has 0 aromatic rings. The summed E-state index contributed by atoms with van der Waals surface area (Å²) in [6, 6.07) is 0. The molecule has 0 aliphatic heterocycles. The van der Waals surface area contributed by atoms with Crippen LogP contribution < -0.4 is 0 Å². The summed E-state index contributed by atoms with van der Waals surface area (Å²) < 4.78 is 5.77. The van der Waals surface area contributed by atoms with Crippen molar-refractivity contribution in [3.8, 4) is 0 Å². The molecule has 0 amide bonds. The van der Waals surface area contributed by atoms with E-state index < -0.39 is 42.6 Å². The first-order chi connectivity index (χ1) is 12.3. The van der Waals surface area contributed by atoms with Gasteiger partial charge in [0.25, 0.3) is 0 Å². The van der Waals surface area contributed by atoms with Gasteiger partial charge in [-0.1, -0.05) is 13.3 Å². The van der Waals surface area contributed by atoms with Crippen LogP contribution in [0.25, 0.3) is 0 Å². The maximum atomic E-state index is 11.5. The number of carboxylic acid groups (broad SMARTS) is 3. The van der Waals surface area contributed by atoms with E-state index in [0.29, 0.717) is 17.4 Å². The van der Waals surface area contributed by atoms with Crippen LogP contribution in [0.2, 0.25) is 0 Å². The monoisotopic (exact) mass is 392 g/mol. The predicted octanol–water partition coefficient (Wildman–Crippen LogP) is 0.774. The number of likely N-dealkylation sites (N-methyl/N-ethyl adjacent to an activating group) is 1. The fourth-order valence-corrected chi connectivity index (χ4v) is 1.84. The highest BCUT2D eigenvalue weighted by Gasteiger charge is 2.24. The van der Waals surface area contributed by atoms with Gasteiger partial charge in [-0.05, 0) is 6.42 Å². The number of hydrogen-bond acceptors (Lipinski definition) is 6. The van der Waals surface area contributed by atoms with E-state index in [1.165, 1.54) is 0 Å². The quantitative estimate of drug-likeness (QED) is 0.248. The number of ketones is 1. The topological polar surface area (TPSA) is 155 Å². The second-order valence-electron chi connectivity index (χ2n) is 6.91. The Balaban J connectivity index is 0. The molecule has 0 aromatic heterocycles. The molecule has 0 bridgehead atoms. The van der Waals surface area contributed by atoms with Crippen molar-refractivity contribution in [3.05, 3.63) is 0 Å². The molecule has 0 unspecified atom stereocenters. The van der Waals surface area contributed by atoms with Gasteiger partial charge < -0.3 is 24.5 Å². The van der Waals surface area contributed by atoms with Crippen LogP contribution in [0.5, 0.6) is 0 Å². The van der Waals surface area contributed by atoms with Crippen molar-refractivity contribution in [3.63, 3.8) is 0 Å². The van der Waals surface area contributed by atoms with Crippen LogP contribution in [0, 0.1) is 0 Å². The second-order valence-corrected chi connectivity index (χ2v) is 6.91. The number of nitrogens with zero attached hydrogens (tertiary/aromatic N) is 1. The van der Waals surface area contributed by atoms with E-state index in [9.17, 15) is 24.0 Å². The third kappa shape index (κ3) is 19.7. The van der Waals surface area contributed by atoms with Gasteiger partial charge in [0.1, 0.15) is 6.54 Å². The van der Waals surface area contributed by atoms with E-state index in [4.69, 9.17) is 20.1 Å². The molecule has 1 atom stereocenters. The first-order valence-corrected chi connectivity index (χ1v) is 8.48. The van der Waals surface area contributed by atoms with Crippen LogP contribution in [0.1, 0.15) is 45.4 Å². The number of carboxylic acids is 3. The zero-order valence-corrected chi connectivity index (χ0v) is 16.3. The number of hydrogen-bond donors (Lipinski definition) is 3. The third-order valence-electron chi connectivity index (χ3n) is 2.99. The minimum atomic E-state index is -1.58. The van der Waals surface area contributed by atoms with E-state index in [-0.39, 0.29) is 12.4 Å². The van der Waals surface area contributed by atoms with Crippen molar-refractivity contribution in [2.45, 2.75) is 51.6 Å². The highest BCUT2D eigenvalue weighted by atomic mass is 16.5. The minimum absolute atomic E-state index is 0.132. The SMILES string of the molecule is CCCCC(=O)O[C@H](CC(=O)O)C[N+](C)(C)C.O=C(O)CCC(=O)C(=O)O. The molecule has 0 heterocycles. The number of rotatable bonds is 12. The van der Waals surface area contributed by atoms with Crippen molar-refractivity contribution < 1.29 is 48.5 Å². The molecule has 0 saturated carbocycles. The Morgan fingerprint density at radius 1 is 0.889 bits per heavy atom. The molecule has 10 heteroatoms. The molecule has 0 aliphatic rings. The van der Waals surface area contributed by atoms with Crippen molar-refractivity contribution in [2.24, 2.45) is 0 Å². The van der Waals surface area contributed by atoms with Gasteiger partial charge in [0.15, 0.2) is 6.10 Å². The number of esters is 1. The second kappa shape index (κ2) is 13.7. The van der Waals surface area contributed by atoms with E-state index in [2.05, 4.69) is 0 Å². The van der Waals surface area contributed by atoms with Crippen LogP contribution in [0.3, 0.4) is 0 Å². The maximum absolute atomic E-state index is 11.5. The number of Topliss-reactive ketones (excluding diaryl/α,β-unsaturated/α-hetero) is 1. The standard InChI is InChI=1S/C12H23NO4.C5H6O5/c1-5-6-7-12(16)17-10(8-11(14)15)9-13(2,3)4;6-3(5(9)10)1-2-4(7)8/h10H,5-9H2,1-4H3;1-2H2,(H,7,8)(H,9,10)/p+1/t10-;/m1./s1. The lowest BCUT2D eigenvalue weighted by atomic mass is 10.2. The number of carbonyl (C=O) groups excluding carboxylic acids is 2. The summed E-state index contributed by atoms with van der Waals surface area (Å²) in [6.45, 7) is 2.50. The van der Waals surface area contributed by atoms with Gasteiger partial charge in [-0.3, -0.25) is 19.2 Å². The third-order valence-corrected chi connectivity index (χ3v) is 2.99. The summed E-state index contributed by atoms with van der Waals surface area (Å²) >= 11 is 0. The van der Waals surface area contributed by atoms with Crippen molar-refractivity contribution >= 4 is 29.7 Å². The van der Waals surface area contributed by atoms with Gasteiger partial charge in [-0.25, -0.2) is 4.79 Å². The Morgan fingerprint density at radius 3 is 1.81 bits per heavy atom. The zero-order chi connectivity index (χ0) is 21.6. The molecule has 156 valence electrons. The van der Waals surface area contributed by atoms with Gasteiger partial charge in [-0.2, -0.15) is 0 Å². The number of aliphatic carboxylic acids is 3. The summed E-state index contributed by atoms with van der Waals surface area (Å²) in [7, 11) is 5.82. The Kier molecular flexibility index (Phi) is 13.5. The fraction of sp³-hybridized carbons (Fsp3) is 0.706. The zero-order valence-electron chi connectivity index (χ0n) is 16.3. The van der Waals surface area contributed by atoms with E-state index >= 15 is 0 Å². The van der Waals surface area contributed by atoms with Gasteiger partial charge >= 0.3 is 23.9 Å². The average molecular weight is 392 g/mol. The summed E-state index contributed by atoms with van der Waals surface area (Å²) in [4.78, 5) is 51.9. The van der Waals surface area contributed by atoms with Crippen molar-refractivity contribution in [1.29, 1.82) is 0 Å². The summed E-state index contributed by atoms with van der Waals surface area (Å²) in [5, 5.41) is 24.7. The van der Waals surface area contributed by atoms with Crippen molar-refractivity contribution in [1.82, 2.24) is 0 Å². The lowest BCUT2D eigenvalue weighted by Crippen LogP contribution is -2.43. The van der Waals surface area contributed by atoms with Crippen LogP contribution in [0.15, 0.2) is 0 Å². The molecule has 0 radical (unpaired) electrons. The van der Waals surface area contributed by atoms with Gasteiger partial charge in [0.2, 0.25) is 5.78 Å². The summed E-state index contributed by atoms with van der Waals surface area (Å²) in [5.41, 5.74) is 0. The molecule has 0 saturated heterocycles. The molecule has 0 rings (SSSR count). The highest BCUT2D eigenvalue weighted by molar-refractivity contribution is 6.32. The molecule has 27 heavy (non-hydrogen) atoms. The lowest BCUT2D eigenvalue weighted by Gasteiger charge is -2.28. The fourth-order valence-electron chi connectivity index (χ4n) is 1.84. The number of quaternary nitrogens is 1. The summed E-state index contributed by atoms with van der Waals surface area (Å²) in [5.74, 6) is -5.06. The maximum Gasteiger partial charge on any atom is 0.372 e. The lowest BCUT2D eigenvalue weighted by molar-refractivity contribution is -0.873. The molecule has 3 N–H and O–H groups in total.